The van der Waals surface area contributed by atoms with Crippen molar-refractivity contribution in [2.75, 3.05) is 0 Å². The maximum atomic E-state index is 12.9. The van der Waals surface area contributed by atoms with Gasteiger partial charge in [-0.3, -0.25) is 0 Å². The van der Waals surface area contributed by atoms with Crippen LogP contribution in [0.2, 0.25) is 0 Å². The van der Waals surface area contributed by atoms with E-state index in [1.807, 2.05) is 0 Å². The highest BCUT2D eigenvalue weighted by Crippen LogP contribution is 2.40. The van der Waals surface area contributed by atoms with Gasteiger partial charge < -0.3 is 9.84 Å². The molecule has 3 nitrogen and oxygen atoms in total. The first-order chi connectivity index (χ1) is 9.24. The lowest BCUT2D eigenvalue weighted by atomic mass is 9.99. The molecule has 1 heterocycles. The number of aryl methyl sites for hydroxylation is 1. The minimum Gasteiger partial charge on any atom is -0.478 e. The Morgan fingerprint density at radius 2 is 2.21 bits per heavy atom. The van der Waals surface area contributed by atoms with Gasteiger partial charge >= 0.3 is 12.1 Å². The molecule has 1 aromatic carbocycles. The molecule has 1 atom stereocenters. The fourth-order valence-corrected chi connectivity index (χ4v) is 2.29. The second-order valence-electron chi connectivity index (χ2n) is 3.93. The highest BCUT2D eigenvalue weighted by Gasteiger charge is 2.48. The third-order valence-electron chi connectivity index (χ3n) is 2.53. The second-order valence-corrected chi connectivity index (χ2v) is 4.84. The van der Waals surface area contributed by atoms with Crippen LogP contribution in [-0.2, 0) is 4.79 Å². The zero-order valence-electron chi connectivity index (χ0n) is 10.3. The number of alkyl halides is 3. The van der Waals surface area contributed by atoms with Crippen LogP contribution >= 0.6 is 15.9 Å². The molecule has 0 fully saturated rings. The highest BCUT2D eigenvalue weighted by molar-refractivity contribution is 9.10. The Balaban J connectivity index is 2.62. The minimum absolute atomic E-state index is 0.101. The van der Waals surface area contributed by atoms with Gasteiger partial charge in [-0.25, -0.2) is 4.79 Å². The highest BCUT2D eigenvalue weighted by atomic mass is 79.9. The van der Waals surface area contributed by atoms with E-state index in [9.17, 15) is 18.0 Å². The molecular formula is C12H8BrF3O3. The molecule has 1 aromatic rings. The van der Waals surface area contributed by atoms with Gasteiger partial charge in [0.25, 0.3) is 0 Å². The summed E-state index contributed by atoms with van der Waals surface area (Å²) in [6.45, 7) is -0.275. The Morgan fingerprint density at radius 3 is 2.74 bits per heavy atom. The van der Waals surface area contributed by atoms with E-state index in [1.54, 1.807) is 0 Å². The average molecular weight is 338 g/mol. The molecule has 7 heteroatoms. The molecule has 0 aromatic heterocycles. The molecule has 1 N–H and O–H groups in total. The Labute approximate surface area is 116 Å². The van der Waals surface area contributed by atoms with Gasteiger partial charge in [-0.05, 0) is 30.7 Å². The van der Waals surface area contributed by atoms with Gasteiger partial charge in [0.15, 0.2) is 0 Å². The Kier molecular flexibility index (Phi) is 3.00. The van der Waals surface area contributed by atoms with Crippen molar-refractivity contribution in [2.45, 2.75) is 19.2 Å². The van der Waals surface area contributed by atoms with Crippen LogP contribution in [0.5, 0.6) is 5.75 Å². The number of hydrogen-bond acceptors (Lipinski definition) is 2. The van der Waals surface area contributed by atoms with Gasteiger partial charge in [-0.1, -0.05) is 15.9 Å². The largest absolute Gasteiger partial charge is 0.478 e. The maximum Gasteiger partial charge on any atom is 0.430 e. The fourth-order valence-electron chi connectivity index (χ4n) is 1.77. The van der Waals surface area contributed by atoms with Crippen molar-refractivity contribution in [1.29, 1.82) is 0 Å². The number of fused-ring (bicyclic) bond motifs is 1. The fraction of sp³-hybridized carbons (Fsp3) is 0.250. The van der Waals surface area contributed by atoms with Crippen LogP contribution in [0.15, 0.2) is 22.2 Å². The first kappa shape index (κ1) is 12.5. The average Bonchev–Trinajstić information content (AvgIpc) is 2.34. The van der Waals surface area contributed by atoms with Crippen molar-refractivity contribution in [2.24, 2.45) is 0 Å². The summed E-state index contributed by atoms with van der Waals surface area (Å²) in [5.74, 6) is -1.79. The zero-order chi connectivity index (χ0) is 15.1. The van der Waals surface area contributed by atoms with E-state index in [1.165, 1.54) is 12.1 Å². The van der Waals surface area contributed by atoms with Gasteiger partial charge in [-0.15, -0.1) is 0 Å². The van der Waals surface area contributed by atoms with Gasteiger partial charge in [0.1, 0.15) is 5.75 Å². The number of halogens is 4. The quantitative estimate of drug-likeness (QED) is 0.852. The topological polar surface area (TPSA) is 46.5 Å². The van der Waals surface area contributed by atoms with Crippen LogP contribution < -0.4 is 4.74 Å². The van der Waals surface area contributed by atoms with Crippen molar-refractivity contribution in [3.8, 4) is 5.75 Å². The molecule has 19 heavy (non-hydrogen) atoms. The Morgan fingerprint density at radius 1 is 1.53 bits per heavy atom. The molecule has 0 bridgehead atoms. The van der Waals surface area contributed by atoms with Crippen LogP contribution in [0.1, 0.15) is 12.5 Å². The van der Waals surface area contributed by atoms with E-state index >= 15 is 0 Å². The Bertz CT molecular complexity index is 598. The number of carbonyl (C=O) groups is 1. The standard InChI is InChI=1S/C12H8BrF3O3/c1-5-2-7(13)3-6-4-8(11(17)18)10(12(14,15)16)19-9(5)6/h2-4,10H,1H3,(H,17,18)/i1D. The van der Waals surface area contributed by atoms with Crippen LogP contribution in [0, 0.1) is 6.90 Å². The summed E-state index contributed by atoms with van der Waals surface area (Å²) in [5, 5.41) is 8.90. The maximum absolute atomic E-state index is 12.9. The van der Waals surface area contributed by atoms with E-state index in [2.05, 4.69) is 15.9 Å². The molecule has 102 valence electrons. The van der Waals surface area contributed by atoms with Crippen LogP contribution in [0.25, 0.3) is 6.08 Å². The van der Waals surface area contributed by atoms with Crippen molar-refractivity contribution < 1.29 is 29.2 Å². The first-order valence-electron chi connectivity index (χ1n) is 5.74. The lowest BCUT2D eigenvalue weighted by Crippen LogP contribution is -2.40. The molecule has 0 spiro atoms. The van der Waals surface area contributed by atoms with Gasteiger partial charge in [0.2, 0.25) is 6.10 Å². The predicted molar refractivity (Wildman–Crippen MR) is 65.0 cm³/mol. The van der Waals surface area contributed by atoms with Gasteiger partial charge in [0, 0.05) is 11.4 Å². The number of hydrogen-bond donors (Lipinski definition) is 1. The third-order valence-corrected chi connectivity index (χ3v) is 2.99. The molecule has 2 rings (SSSR count). The summed E-state index contributed by atoms with van der Waals surface area (Å²) < 4.78 is 51.3. The van der Waals surface area contributed by atoms with Crippen LogP contribution in [-0.4, -0.2) is 23.4 Å². The summed E-state index contributed by atoms with van der Waals surface area (Å²) in [6.07, 6.45) is -6.43. The summed E-state index contributed by atoms with van der Waals surface area (Å²) in [6, 6.07) is 2.92. The van der Waals surface area contributed by atoms with E-state index in [0.29, 0.717) is 4.47 Å². The number of ether oxygens (including phenoxy) is 1. The summed E-state index contributed by atoms with van der Waals surface area (Å²) in [7, 11) is 0. The van der Waals surface area contributed by atoms with E-state index < -0.39 is 23.8 Å². The number of aliphatic carboxylic acids is 1. The lowest BCUT2D eigenvalue weighted by molar-refractivity contribution is -0.187. The Hall–Kier alpha value is -1.50. The molecule has 0 saturated carbocycles. The van der Waals surface area contributed by atoms with Crippen molar-refractivity contribution in [3.05, 3.63) is 33.3 Å². The molecule has 1 unspecified atom stereocenters. The van der Waals surface area contributed by atoms with Gasteiger partial charge in [-0.2, -0.15) is 13.2 Å². The minimum atomic E-state index is -4.84. The molecular weight excluding hydrogens is 329 g/mol. The summed E-state index contributed by atoms with van der Waals surface area (Å²) in [4.78, 5) is 11.0. The summed E-state index contributed by atoms with van der Waals surface area (Å²) in [5.41, 5.74) is -0.414. The van der Waals surface area contributed by atoms with Crippen LogP contribution in [0.3, 0.4) is 0 Å². The zero-order valence-corrected chi connectivity index (χ0v) is 10.9. The third kappa shape index (κ3) is 2.60. The van der Waals surface area contributed by atoms with Crippen molar-refractivity contribution >= 4 is 28.0 Å². The summed E-state index contributed by atoms with van der Waals surface area (Å²) >= 11 is 3.16. The smallest absolute Gasteiger partial charge is 0.430 e. The van der Waals surface area contributed by atoms with E-state index in [0.717, 1.165) is 6.08 Å². The van der Waals surface area contributed by atoms with E-state index in [4.69, 9.17) is 11.2 Å². The number of carboxylic acid groups (broad SMARTS) is 1. The molecule has 1 aliphatic heterocycles. The van der Waals surface area contributed by atoms with Crippen LogP contribution in [0.4, 0.5) is 13.2 Å². The number of benzene rings is 1. The second kappa shape index (κ2) is 4.56. The molecule has 0 radical (unpaired) electrons. The molecule has 0 aliphatic carbocycles. The van der Waals surface area contributed by atoms with E-state index in [-0.39, 0.29) is 23.8 Å². The number of carboxylic acids is 1. The number of rotatable bonds is 1. The van der Waals surface area contributed by atoms with Crippen molar-refractivity contribution in [3.63, 3.8) is 0 Å². The van der Waals surface area contributed by atoms with Crippen molar-refractivity contribution in [1.82, 2.24) is 0 Å². The first-order valence-corrected chi connectivity index (χ1v) is 5.83. The molecule has 1 aliphatic rings. The normalized spacial score (nSPS) is 19.1. The predicted octanol–water partition coefficient (Wildman–Crippen LogP) is 3.55. The SMILES string of the molecule is [2H]Cc1cc(Br)cc2c1OC(C(F)(F)F)C(C(=O)O)=C2. The van der Waals surface area contributed by atoms with Gasteiger partial charge in [0.05, 0.1) is 5.57 Å². The lowest BCUT2D eigenvalue weighted by Gasteiger charge is -2.28. The monoisotopic (exact) mass is 337 g/mol. The molecule has 0 saturated heterocycles. The molecule has 0 amide bonds.